The van der Waals surface area contributed by atoms with Crippen LogP contribution in [-0.2, 0) is 23.7 Å². The molecule has 4 rings (SSSR count). The predicted octanol–water partition coefficient (Wildman–Crippen LogP) is 5.86. The van der Waals surface area contributed by atoms with Crippen molar-refractivity contribution in [1.82, 2.24) is 0 Å². The number of fused-ring (bicyclic) bond motifs is 1. The van der Waals surface area contributed by atoms with Gasteiger partial charge in [0.15, 0.2) is 12.6 Å². The molecule has 0 radical (unpaired) electrons. The lowest BCUT2D eigenvalue weighted by molar-refractivity contribution is -0.201. The molecule has 2 saturated heterocycles. The molecule has 7 atom stereocenters. The second-order valence-electron chi connectivity index (χ2n) is 10.1. The summed E-state index contributed by atoms with van der Waals surface area (Å²) < 4.78 is 39.2. The summed E-state index contributed by atoms with van der Waals surface area (Å²) in [6.45, 7) is 3.53. The standard InChI is InChI=1S/C26H41FO5/c1-2-3-8-19(27)11-12-22(31-24-9-4-6-13-29-24)26-21-17-20(28)15-18(21)16-23(26)32-25-10-5-7-14-30-25/h12,18-19,21,23-26H,2-11,13-17H2,1H3/t18-,19?,21-,23+,24?,25?,26-/m0/s1. The first kappa shape index (κ1) is 24.2. The molecular weight excluding hydrogens is 411 g/mol. The Labute approximate surface area is 192 Å². The van der Waals surface area contributed by atoms with E-state index in [-0.39, 0.29) is 30.5 Å². The smallest absolute Gasteiger partial charge is 0.199 e. The average molecular weight is 453 g/mol. The van der Waals surface area contributed by atoms with Crippen LogP contribution in [0.3, 0.4) is 0 Å². The van der Waals surface area contributed by atoms with E-state index in [1.54, 1.807) is 0 Å². The molecule has 2 aliphatic heterocycles. The summed E-state index contributed by atoms with van der Waals surface area (Å²) in [6, 6.07) is 0. The topological polar surface area (TPSA) is 54.0 Å². The van der Waals surface area contributed by atoms with Crippen LogP contribution in [0.15, 0.2) is 11.8 Å². The number of ketones is 1. The molecule has 182 valence electrons. The van der Waals surface area contributed by atoms with Crippen LogP contribution < -0.4 is 0 Å². The minimum absolute atomic E-state index is 0.0270. The highest BCUT2D eigenvalue weighted by atomic mass is 19.1. The molecular formula is C26H41FO5. The van der Waals surface area contributed by atoms with Crippen LogP contribution in [0.2, 0.25) is 0 Å². The van der Waals surface area contributed by atoms with E-state index >= 15 is 0 Å². The number of rotatable bonds is 10. The van der Waals surface area contributed by atoms with Crippen molar-refractivity contribution < 1.29 is 28.1 Å². The third kappa shape index (κ3) is 6.32. The van der Waals surface area contributed by atoms with Gasteiger partial charge in [-0.05, 0) is 62.9 Å². The number of unbranched alkanes of at least 4 members (excludes halogenated alkanes) is 1. The van der Waals surface area contributed by atoms with Crippen molar-refractivity contribution >= 4 is 5.78 Å². The molecule has 0 amide bonds. The molecule has 3 unspecified atom stereocenters. The number of halogens is 1. The Hall–Kier alpha value is -0.980. The monoisotopic (exact) mass is 452 g/mol. The Morgan fingerprint density at radius 1 is 1.12 bits per heavy atom. The van der Waals surface area contributed by atoms with Crippen LogP contribution in [0.1, 0.15) is 90.4 Å². The molecule has 5 nitrogen and oxygen atoms in total. The number of hydrogen-bond donors (Lipinski definition) is 0. The summed E-state index contributed by atoms with van der Waals surface area (Å²) >= 11 is 0. The van der Waals surface area contributed by atoms with Crippen molar-refractivity contribution in [1.29, 1.82) is 0 Å². The van der Waals surface area contributed by atoms with E-state index in [9.17, 15) is 9.18 Å². The third-order valence-corrected chi connectivity index (χ3v) is 7.60. The summed E-state index contributed by atoms with van der Waals surface area (Å²) in [6.07, 6.45) is 11.5. The second kappa shape index (κ2) is 11.9. The fourth-order valence-electron chi connectivity index (χ4n) is 5.91. The van der Waals surface area contributed by atoms with Gasteiger partial charge in [-0.25, -0.2) is 4.39 Å². The molecule has 6 heteroatoms. The number of ether oxygens (including phenoxy) is 4. The van der Waals surface area contributed by atoms with E-state index in [1.165, 1.54) is 0 Å². The number of carbonyl (C=O) groups is 1. The Bertz CT molecular complexity index is 626. The maximum atomic E-state index is 14.6. The minimum Gasteiger partial charge on any atom is -0.469 e. The molecule has 2 heterocycles. The van der Waals surface area contributed by atoms with Crippen molar-refractivity contribution in [3.63, 3.8) is 0 Å². The minimum atomic E-state index is -0.871. The first-order valence-electron chi connectivity index (χ1n) is 13.0. The van der Waals surface area contributed by atoms with Gasteiger partial charge in [-0.2, -0.15) is 0 Å². The zero-order valence-corrected chi connectivity index (χ0v) is 19.6. The first-order valence-corrected chi connectivity index (χ1v) is 13.0. The van der Waals surface area contributed by atoms with E-state index in [4.69, 9.17) is 18.9 Å². The molecule has 0 spiro atoms. The maximum Gasteiger partial charge on any atom is 0.199 e. The van der Waals surface area contributed by atoms with Gasteiger partial charge in [0.05, 0.1) is 12.7 Å². The lowest BCUT2D eigenvalue weighted by Gasteiger charge is -2.33. The largest absolute Gasteiger partial charge is 0.469 e. The van der Waals surface area contributed by atoms with Crippen molar-refractivity contribution in [2.24, 2.45) is 17.8 Å². The summed E-state index contributed by atoms with van der Waals surface area (Å²) in [7, 11) is 0. The van der Waals surface area contributed by atoms with Gasteiger partial charge in [-0.3, -0.25) is 4.79 Å². The SMILES string of the molecule is CCCCC(F)CC=C(OC1CCCCO1)[C@@H]1[C@H]2CC(=O)C[C@H]2C[C@H]1OC1CCCCO1. The van der Waals surface area contributed by atoms with Gasteiger partial charge in [0.25, 0.3) is 0 Å². The molecule has 2 aliphatic carbocycles. The van der Waals surface area contributed by atoms with Gasteiger partial charge in [-0.15, -0.1) is 0 Å². The quantitative estimate of drug-likeness (QED) is 0.389. The highest BCUT2D eigenvalue weighted by Gasteiger charge is 2.51. The Morgan fingerprint density at radius 2 is 1.88 bits per heavy atom. The highest BCUT2D eigenvalue weighted by molar-refractivity contribution is 5.81. The number of carbonyl (C=O) groups excluding carboxylic acids is 1. The van der Waals surface area contributed by atoms with Crippen molar-refractivity contribution in [2.45, 2.75) is 115 Å². The van der Waals surface area contributed by atoms with E-state index in [2.05, 4.69) is 6.92 Å². The predicted molar refractivity (Wildman–Crippen MR) is 120 cm³/mol. The number of hydrogen-bond acceptors (Lipinski definition) is 5. The van der Waals surface area contributed by atoms with Gasteiger partial charge < -0.3 is 18.9 Å². The number of Topliss-reactive ketones (excluding diaryl/α,β-unsaturated/α-hetero) is 1. The zero-order valence-electron chi connectivity index (χ0n) is 19.6. The fourth-order valence-corrected chi connectivity index (χ4v) is 5.91. The Balaban J connectivity index is 1.52. The zero-order chi connectivity index (χ0) is 22.3. The molecule has 0 N–H and O–H groups in total. The molecule has 0 aromatic heterocycles. The lowest BCUT2D eigenvalue weighted by atomic mass is 9.88. The summed E-state index contributed by atoms with van der Waals surface area (Å²) in [5.74, 6) is 1.62. The van der Waals surface area contributed by atoms with Gasteiger partial charge in [0.2, 0.25) is 0 Å². The highest BCUT2D eigenvalue weighted by Crippen LogP contribution is 2.51. The van der Waals surface area contributed by atoms with Gasteiger partial charge in [0, 0.05) is 38.2 Å². The first-order chi connectivity index (χ1) is 15.6. The van der Waals surface area contributed by atoms with E-state index in [0.29, 0.717) is 44.0 Å². The summed E-state index contributed by atoms with van der Waals surface area (Å²) in [4.78, 5) is 12.3. The lowest BCUT2D eigenvalue weighted by Crippen LogP contribution is -2.34. The molecule has 2 saturated carbocycles. The van der Waals surface area contributed by atoms with E-state index in [0.717, 1.165) is 70.2 Å². The average Bonchev–Trinajstić information content (AvgIpc) is 3.31. The van der Waals surface area contributed by atoms with Gasteiger partial charge in [0.1, 0.15) is 17.7 Å². The van der Waals surface area contributed by atoms with Crippen molar-refractivity contribution in [3.05, 3.63) is 11.8 Å². The molecule has 4 aliphatic rings. The molecule has 0 aromatic carbocycles. The number of allylic oxidation sites excluding steroid dienone is 1. The molecule has 32 heavy (non-hydrogen) atoms. The Kier molecular flexibility index (Phi) is 9.01. The van der Waals surface area contributed by atoms with Gasteiger partial charge in [-0.1, -0.05) is 19.8 Å². The van der Waals surface area contributed by atoms with Crippen molar-refractivity contribution in [2.75, 3.05) is 13.2 Å². The van der Waals surface area contributed by atoms with Crippen LogP contribution in [0.5, 0.6) is 0 Å². The third-order valence-electron chi connectivity index (χ3n) is 7.60. The van der Waals surface area contributed by atoms with Gasteiger partial charge >= 0.3 is 0 Å². The fraction of sp³-hybridized carbons (Fsp3) is 0.885. The molecule has 0 bridgehead atoms. The maximum absolute atomic E-state index is 14.6. The van der Waals surface area contributed by atoms with E-state index in [1.807, 2.05) is 6.08 Å². The normalized spacial score (nSPS) is 36.8. The van der Waals surface area contributed by atoms with Crippen LogP contribution >= 0.6 is 0 Å². The molecule has 0 aromatic rings. The van der Waals surface area contributed by atoms with Crippen molar-refractivity contribution in [3.8, 4) is 0 Å². The van der Waals surface area contributed by atoms with Crippen LogP contribution in [0, 0.1) is 17.8 Å². The van der Waals surface area contributed by atoms with Crippen LogP contribution in [-0.4, -0.2) is 43.9 Å². The summed E-state index contributed by atoms with van der Waals surface area (Å²) in [5.41, 5.74) is 0. The Morgan fingerprint density at radius 3 is 2.56 bits per heavy atom. The number of alkyl halides is 1. The van der Waals surface area contributed by atoms with Crippen LogP contribution in [0.25, 0.3) is 0 Å². The summed E-state index contributed by atoms with van der Waals surface area (Å²) in [5, 5.41) is 0. The van der Waals surface area contributed by atoms with Crippen LogP contribution in [0.4, 0.5) is 4.39 Å². The van der Waals surface area contributed by atoms with E-state index < -0.39 is 6.17 Å². The molecule has 4 fully saturated rings. The second-order valence-corrected chi connectivity index (χ2v) is 10.1.